The van der Waals surface area contributed by atoms with Gasteiger partial charge < -0.3 is 15.4 Å². The fourth-order valence-electron chi connectivity index (χ4n) is 2.41. The van der Waals surface area contributed by atoms with E-state index < -0.39 is 15.7 Å². The largest absolute Gasteiger partial charge is 0.383 e. The van der Waals surface area contributed by atoms with Crippen molar-refractivity contribution in [2.24, 2.45) is 0 Å². The minimum atomic E-state index is -3.43. The number of aryl methyl sites for hydroxylation is 1. The van der Waals surface area contributed by atoms with Crippen molar-refractivity contribution >= 4 is 38.9 Å². The van der Waals surface area contributed by atoms with Gasteiger partial charge in [-0.25, -0.2) is 8.42 Å². The molecule has 0 spiro atoms. The molecule has 150 valence electrons. The number of nitrogens with one attached hydrogen (secondary N) is 2. The van der Waals surface area contributed by atoms with E-state index in [1.807, 2.05) is 0 Å². The van der Waals surface area contributed by atoms with E-state index in [0.717, 1.165) is 6.26 Å². The number of hydrogen-bond donors (Lipinski definition) is 2. The summed E-state index contributed by atoms with van der Waals surface area (Å²) in [6.07, 6.45) is 1.08. The van der Waals surface area contributed by atoms with Crippen LogP contribution in [0.4, 0.5) is 5.69 Å². The summed E-state index contributed by atoms with van der Waals surface area (Å²) < 4.78 is 28.3. The minimum Gasteiger partial charge on any atom is -0.383 e. The molecule has 2 aromatic rings. The molecule has 0 aliphatic heterocycles. The first-order valence-electron chi connectivity index (χ1n) is 8.32. The molecule has 7 nitrogen and oxygen atoms in total. The molecule has 0 unspecified atom stereocenters. The normalized spacial score (nSPS) is 11.1. The van der Waals surface area contributed by atoms with Crippen molar-refractivity contribution in [3.8, 4) is 0 Å². The molecule has 2 rings (SSSR count). The molecule has 9 heteroatoms. The van der Waals surface area contributed by atoms with Gasteiger partial charge in [0.2, 0.25) is 0 Å². The molecule has 0 aromatic heterocycles. The number of carbonyl (C=O) groups is 2. The molecule has 0 aliphatic carbocycles. The van der Waals surface area contributed by atoms with Crippen LogP contribution in [-0.2, 0) is 14.6 Å². The molecule has 28 heavy (non-hydrogen) atoms. The van der Waals surface area contributed by atoms with E-state index in [9.17, 15) is 18.0 Å². The Balaban J connectivity index is 2.19. The summed E-state index contributed by atoms with van der Waals surface area (Å²) in [5.41, 5.74) is 1.52. The third kappa shape index (κ3) is 5.54. The van der Waals surface area contributed by atoms with Crippen molar-refractivity contribution < 1.29 is 22.7 Å². The topological polar surface area (TPSA) is 102 Å². The van der Waals surface area contributed by atoms with E-state index in [1.54, 1.807) is 19.1 Å². The highest BCUT2D eigenvalue weighted by molar-refractivity contribution is 7.90. The van der Waals surface area contributed by atoms with E-state index in [0.29, 0.717) is 24.4 Å². The lowest BCUT2D eigenvalue weighted by molar-refractivity contribution is 0.0936. The molecule has 2 aromatic carbocycles. The average Bonchev–Trinajstić information content (AvgIpc) is 2.61. The molecule has 0 fully saturated rings. The zero-order valence-electron chi connectivity index (χ0n) is 15.7. The SMILES string of the molecule is COCCNC(=O)c1ccc(NC(=O)c2cc(S(C)(=O)=O)ccc2C)cc1Cl. The summed E-state index contributed by atoms with van der Waals surface area (Å²) in [6, 6.07) is 8.87. The quantitative estimate of drug-likeness (QED) is 0.665. The van der Waals surface area contributed by atoms with Crippen molar-refractivity contribution in [2.75, 3.05) is 31.8 Å². The minimum absolute atomic E-state index is 0.0596. The number of amides is 2. The maximum absolute atomic E-state index is 12.6. The Morgan fingerprint density at radius 1 is 1.07 bits per heavy atom. The van der Waals surface area contributed by atoms with E-state index in [2.05, 4.69) is 10.6 Å². The second kappa shape index (κ2) is 9.18. The molecule has 0 bridgehead atoms. The fourth-order valence-corrected chi connectivity index (χ4v) is 3.33. The van der Waals surface area contributed by atoms with Gasteiger partial charge in [-0.3, -0.25) is 9.59 Å². The van der Waals surface area contributed by atoms with Crippen LogP contribution in [0.3, 0.4) is 0 Å². The maximum Gasteiger partial charge on any atom is 0.255 e. The van der Waals surface area contributed by atoms with Gasteiger partial charge in [0.1, 0.15) is 0 Å². The smallest absolute Gasteiger partial charge is 0.255 e. The highest BCUT2D eigenvalue weighted by Gasteiger charge is 2.16. The number of hydrogen-bond acceptors (Lipinski definition) is 5. The van der Waals surface area contributed by atoms with Gasteiger partial charge in [0.25, 0.3) is 11.8 Å². The maximum atomic E-state index is 12.6. The Bertz CT molecular complexity index is 1010. The van der Waals surface area contributed by atoms with Crippen LogP contribution < -0.4 is 10.6 Å². The summed E-state index contributed by atoms with van der Waals surface area (Å²) in [5, 5.41) is 5.50. The lowest BCUT2D eigenvalue weighted by Crippen LogP contribution is -2.27. The number of methoxy groups -OCH3 is 1. The molecule has 0 aliphatic rings. The van der Waals surface area contributed by atoms with Crippen LogP contribution in [0.2, 0.25) is 5.02 Å². The van der Waals surface area contributed by atoms with Crippen LogP contribution in [0, 0.1) is 6.92 Å². The van der Waals surface area contributed by atoms with Crippen molar-refractivity contribution in [3.05, 3.63) is 58.1 Å². The van der Waals surface area contributed by atoms with Gasteiger partial charge >= 0.3 is 0 Å². The van der Waals surface area contributed by atoms with Gasteiger partial charge in [0.05, 0.1) is 22.1 Å². The molecule has 0 radical (unpaired) electrons. The Morgan fingerprint density at radius 2 is 1.79 bits per heavy atom. The summed E-state index contributed by atoms with van der Waals surface area (Å²) >= 11 is 6.16. The van der Waals surface area contributed by atoms with Crippen LogP contribution in [0.15, 0.2) is 41.3 Å². The lowest BCUT2D eigenvalue weighted by atomic mass is 10.1. The fraction of sp³-hybridized carbons (Fsp3) is 0.263. The molecule has 0 saturated heterocycles. The number of ether oxygens (including phenoxy) is 1. The van der Waals surface area contributed by atoms with Gasteiger partial charge in [0, 0.05) is 31.2 Å². The number of sulfone groups is 1. The third-order valence-electron chi connectivity index (χ3n) is 3.95. The Labute approximate surface area is 169 Å². The van der Waals surface area contributed by atoms with Crippen molar-refractivity contribution in [3.63, 3.8) is 0 Å². The average molecular weight is 425 g/mol. The van der Waals surface area contributed by atoms with Crippen LogP contribution >= 0.6 is 11.6 Å². The first kappa shape index (κ1) is 21.9. The van der Waals surface area contributed by atoms with Crippen molar-refractivity contribution in [1.82, 2.24) is 5.32 Å². The molecule has 2 amide bonds. The lowest BCUT2D eigenvalue weighted by Gasteiger charge is -2.11. The second-order valence-electron chi connectivity index (χ2n) is 6.15. The molecule has 0 atom stereocenters. The molecular formula is C19H21ClN2O5S. The second-order valence-corrected chi connectivity index (χ2v) is 8.57. The summed E-state index contributed by atoms with van der Waals surface area (Å²) in [4.78, 5) is 24.7. The Morgan fingerprint density at radius 3 is 2.39 bits per heavy atom. The third-order valence-corrected chi connectivity index (χ3v) is 5.37. The van der Waals surface area contributed by atoms with Crippen LogP contribution in [0.5, 0.6) is 0 Å². The van der Waals surface area contributed by atoms with Crippen LogP contribution in [0.1, 0.15) is 26.3 Å². The monoisotopic (exact) mass is 424 g/mol. The van der Waals surface area contributed by atoms with Crippen molar-refractivity contribution in [2.45, 2.75) is 11.8 Å². The van der Waals surface area contributed by atoms with Gasteiger partial charge in [0.15, 0.2) is 9.84 Å². The Hall–Kier alpha value is -2.42. The number of carbonyl (C=O) groups excluding carboxylic acids is 2. The zero-order valence-corrected chi connectivity index (χ0v) is 17.3. The number of halogens is 1. The van der Waals surface area contributed by atoms with E-state index >= 15 is 0 Å². The van der Waals surface area contributed by atoms with Crippen molar-refractivity contribution in [1.29, 1.82) is 0 Å². The summed E-state index contributed by atoms with van der Waals surface area (Å²) in [7, 11) is -1.90. The number of rotatable bonds is 7. The zero-order chi connectivity index (χ0) is 20.9. The molecular weight excluding hydrogens is 404 g/mol. The van der Waals surface area contributed by atoms with E-state index in [1.165, 1.54) is 31.4 Å². The predicted molar refractivity (Wildman–Crippen MR) is 108 cm³/mol. The molecule has 2 N–H and O–H groups in total. The van der Waals surface area contributed by atoms with Gasteiger partial charge in [-0.15, -0.1) is 0 Å². The van der Waals surface area contributed by atoms with E-state index in [4.69, 9.17) is 16.3 Å². The van der Waals surface area contributed by atoms with Gasteiger partial charge in [-0.1, -0.05) is 17.7 Å². The first-order chi connectivity index (χ1) is 13.1. The first-order valence-corrected chi connectivity index (χ1v) is 10.6. The predicted octanol–water partition coefficient (Wildman–Crippen LogP) is 2.68. The Kier molecular flexibility index (Phi) is 7.17. The molecule has 0 saturated carbocycles. The summed E-state index contributed by atoms with van der Waals surface area (Å²) in [6.45, 7) is 2.44. The molecule has 0 heterocycles. The van der Waals surface area contributed by atoms with E-state index in [-0.39, 0.29) is 27.0 Å². The summed E-state index contributed by atoms with van der Waals surface area (Å²) in [5.74, 6) is -0.826. The van der Waals surface area contributed by atoms with Crippen LogP contribution in [0.25, 0.3) is 0 Å². The van der Waals surface area contributed by atoms with Crippen LogP contribution in [-0.4, -0.2) is 46.7 Å². The number of anilines is 1. The standard InChI is InChI=1S/C19H21ClN2O5S/c1-12-4-6-14(28(3,25)26)11-16(12)19(24)22-13-5-7-15(17(20)10-13)18(23)21-8-9-27-2/h4-7,10-11H,8-9H2,1-3H3,(H,21,23)(H,22,24). The highest BCUT2D eigenvalue weighted by atomic mass is 35.5. The highest BCUT2D eigenvalue weighted by Crippen LogP contribution is 2.23. The number of benzene rings is 2. The van der Waals surface area contributed by atoms with Gasteiger partial charge in [-0.05, 0) is 42.8 Å². The van der Waals surface area contributed by atoms with Gasteiger partial charge in [-0.2, -0.15) is 0 Å².